The van der Waals surface area contributed by atoms with Crippen LogP contribution < -0.4 is 4.90 Å². The van der Waals surface area contributed by atoms with Gasteiger partial charge in [-0.15, -0.1) is 0 Å². The van der Waals surface area contributed by atoms with Gasteiger partial charge in [-0.25, -0.2) is 0 Å². The summed E-state index contributed by atoms with van der Waals surface area (Å²) in [4.78, 5) is 11.2. The molecular formula is C12H11F6NO2. The van der Waals surface area contributed by atoms with E-state index < -0.39 is 47.1 Å². The lowest BCUT2D eigenvalue weighted by atomic mass is 9.99. The van der Waals surface area contributed by atoms with Crippen LogP contribution in [-0.2, 0) is 23.6 Å². The van der Waals surface area contributed by atoms with E-state index in [1.165, 1.54) is 0 Å². The number of hydrogen-bond acceptors (Lipinski definition) is 2. The number of rotatable bonds is 3. The molecule has 0 saturated heterocycles. The molecule has 0 atom stereocenters. The quantitative estimate of drug-likeness (QED) is 0.869. The van der Waals surface area contributed by atoms with Crippen molar-refractivity contribution in [3.05, 3.63) is 28.8 Å². The monoisotopic (exact) mass is 315 g/mol. The molecule has 3 nitrogen and oxygen atoms in total. The predicted molar refractivity (Wildman–Crippen MR) is 62.1 cm³/mol. The van der Waals surface area contributed by atoms with Crippen LogP contribution >= 0.6 is 0 Å². The van der Waals surface area contributed by atoms with E-state index in [9.17, 15) is 31.1 Å². The summed E-state index contributed by atoms with van der Waals surface area (Å²) in [6.45, 7) is 0. The number of benzene rings is 1. The molecular weight excluding hydrogens is 304 g/mol. The Morgan fingerprint density at radius 3 is 1.67 bits per heavy atom. The average molecular weight is 315 g/mol. The number of carboxylic acids is 1. The molecule has 0 aliphatic heterocycles. The summed E-state index contributed by atoms with van der Waals surface area (Å²) >= 11 is 0. The topological polar surface area (TPSA) is 40.5 Å². The minimum Gasteiger partial charge on any atom is -0.481 e. The van der Waals surface area contributed by atoms with Gasteiger partial charge < -0.3 is 10.0 Å². The van der Waals surface area contributed by atoms with Gasteiger partial charge in [0.1, 0.15) is 0 Å². The maximum atomic E-state index is 13.0. The summed E-state index contributed by atoms with van der Waals surface area (Å²) in [5.41, 5.74) is -4.63. The number of carbonyl (C=O) groups is 1. The maximum absolute atomic E-state index is 13.0. The number of aliphatic carboxylic acids is 1. The maximum Gasteiger partial charge on any atom is 0.418 e. The Kier molecular flexibility index (Phi) is 4.45. The second-order valence-electron chi connectivity index (χ2n) is 4.50. The van der Waals surface area contributed by atoms with Gasteiger partial charge in [0.25, 0.3) is 0 Å². The van der Waals surface area contributed by atoms with E-state index in [1.807, 2.05) is 0 Å². The molecule has 0 aliphatic rings. The molecule has 0 aromatic heterocycles. The minimum atomic E-state index is -5.03. The molecule has 0 aliphatic carbocycles. The molecule has 0 saturated carbocycles. The minimum absolute atomic E-state index is 0.429. The van der Waals surface area contributed by atoms with Crippen molar-refractivity contribution in [1.82, 2.24) is 0 Å². The Hall–Kier alpha value is -1.93. The Balaban J connectivity index is 3.70. The van der Waals surface area contributed by atoms with Crippen LogP contribution in [0.1, 0.15) is 16.7 Å². The Bertz CT molecular complexity index is 513. The number of hydrogen-bond donors (Lipinski definition) is 1. The number of halogens is 6. The number of nitrogens with zero attached hydrogens (tertiary/aromatic N) is 1. The van der Waals surface area contributed by atoms with Gasteiger partial charge in [-0.1, -0.05) is 0 Å². The van der Waals surface area contributed by atoms with Crippen molar-refractivity contribution in [2.45, 2.75) is 18.8 Å². The largest absolute Gasteiger partial charge is 0.481 e. The van der Waals surface area contributed by atoms with Crippen molar-refractivity contribution in [1.29, 1.82) is 0 Å². The van der Waals surface area contributed by atoms with Crippen molar-refractivity contribution in [3.63, 3.8) is 0 Å². The Morgan fingerprint density at radius 1 is 1.05 bits per heavy atom. The van der Waals surface area contributed by atoms with Crippen molar-refractivity contribution >= 4 is 11.7 Å². The lowest BCUT2D eigenvalue weighted by molar-refractivity contribution is -0.143. The first-order valence-electron chi connectivity index (χ1n) is 5.54. The van der Waals surface area contributed by atoms with Crippen LogP contribution in [0.2, 0.25) is 0 Å². The molecule has 118 valence electrons. The van der Waals surface area contributed by atoms with E-state index >= 15 is 0 Å². The van der Waals surface area contributed by atoms with Crippen LogP contribution in [0.4, 0.5) is 32.0 Å². The molecule has 0 amide bonds. The van der Waals surface area contributed by atoms with Gasteiger partial charge in [-0.3, -0.25) is 4.79 Å². The summed E-state index contributed by atoms with van der Waals surface area (Å²) in [7, 11) is 2.10. The first-order chi connectivity index (χ1) is 9.34. The van der Waals surface area contributed by atoms with Gasteiger partial charge in [0.2, 0.25) is 0 Å². The molecule has 0 unspecified atom stereocenters. The second-order valence-corrected chi connectivity index (χ2v) is 4.50. The van der Waals surface area contributed by atoms with Crippen LogP contribution in [0, 0.1) is 0 Å². The van der Waals surface area contributed by atoms with Crippen molar-refractivity contribution in [2.75, 3.05) is 19.0 Å². The van der Waals surface area contributed by atoms with Crippen LogP contribution in [-0.4, -0.2) is 25.2 Å². The van der Waals surface area contributed by atoms with Gasteiger partial charge in [0, 0.05) is 14.1 Å². The Morgan fingerprint density at radius 2 is 1.43 bits per heavy atom. The van der Waals surface area contributed by atoms with Crippen molar-refractivity contribution in [2.24, 2.45) is 0 Å². The summed E-state index contributed by atoms with van der Waals surface area (Å²) in [5.74, 6) is -1.52. The first kappa shape index (κ1) is 17.1. The van der Waals surface area contributed by atoms with Crippen LogP contribution in [0.3, 0.4) is 0 Å². The highest BCUT2D eigenvalue weighted by atomic mass is 19.4. The van der Waals surface area contributed by atoms with Gasteiger partial charge in [0.05, 0.1) is 23.2 Å². The van der Waals surface area contributed by atoms with E-state index in [0.717, 1.165) is 14.1 Å². The summed E-state index contributed by atoms with van der Waals surface area (Å²) < 4.78 is 77.7. The van der Waals surface area contributed by atoms with Crippen molar-refractivity contribution < 1.29 is 36.2 Å². The zero-order valence-electron chi connectivity index (χ0n) is 10.9. The van der Waals surface area contributed by atoms with Crippen LogP contribution in [0.25, 0.3) is 0 Å². The van der Waals surface area contributed by atoms with E-state index in [2.05, 4.69) is 0 Å². The summed E-state index contributed by atoms with van der Waals surface area (Å²) in [6, 6.07) is 0.859. The number of carboxylic acid groups (broad SMARTS) is 1. The fourth-order valence-electron chi connectivity index (χ4n) is 1.88. The van der Waals surface area contributed by atoms with Gasteiger partial charge in [-0.05, 0) is 17.7 Å². The molecule has 0 heterocycles. The molecule has 0 bridgehead atoms. The zero-order valence-corrected chi connectivity index (χ0v) is 10.9. The first-order valence-corrected chi connectivity index (χ1v) is 5.54. The van der Waals surface area contributed by atoms with Crippen molar-refractivity contribution in [3.8, 4) is 0 Å². The highest BCUT2D eigenvalue weighted by Crippen LogP contribution is 2.44. The zero-order chi connectivity index (χ0) is 16.6. The molecule has 1 N–H and O–H groups in total. The number of anilines is 1. The van der Waals surface area contributed by atoms with Gasteiger partial charge in [0.15, 0.2) is 0 Å². The van der Waals surface area contributed by atoms with Gasteiger partial charge in [-0.2, -0.15) is 26.3 Å². The Labute approximate surface area is 115 Å². The molecule has 0 radical (unpaired) electrons. The van der Waals surface area contributed by atoms with Crippen LogP contribution in [0.15, 0.2) is 12.1 Å². The smallest absolute Gasteiger partial charge is 0.418 e. The highest BCUT2D eigenvalue weighted by Gasteiger charge is 2.42. The van der Waals surface area contributed by atoms with E-state index in [0.29, 0.717) is 17.0 Å². The molecule has 1 aromatic rings. The van der Waals surface area contributed by atoms with E-state index in [1.54, 1.807) is 0 Å². The molecule has 0 fully saturated rings. The molecule has 1 aromatic carbocycles. The average Bonchev–Trinajstić information content (AvgIpc) is 2.24. The summed E-state index contributed by atoms with van der Waals surface area (Å²) in [6.07, 6.45) is -11.0. The second kappa shape index (κ2) is 5.45. The third kappa shape index (κ3) is 4.02. The van der Waals surface area contributed by atoms with Crippen LogP contribution in [0.5, 0.6) is 0 Å². The third-order valence-electron chi connectivity index (χ3n) is 2.58. The number of alkyl halides is 6. The highest BCUT2D eigenvalue weighted by molar-refractivity contribution is 5.72. The fourth-order valence-corrected chi connectivity index (χ4v) is 1.88. The molecule has 9 heteroatoms. The lowest BCUT2D eigenvalue weighted by Gasteiger charge is -2.25. The van der Waals surface area contributed by atoms with E-state index in [-0.39, 0.29) is 0 Å². The predicted octanol–water partition coefficient (Wildman–Crippen LogP) is 3.42. The molecule has 0 spiro atoms. The fraction of sp³-hybridized carbons (Fsp3) is 0.417. The standard InChI is InChI=1S/C12H11F6NO2/c1-19(2)10-7(11(13,14)15)3-6(5-9(20)21)4-8(10)12(16,17)18/h3-4H,5H2,1-2H3,(H,20,21). The van der Waals surface area contributed by atoms with Gasteiger partial charge >= 0.3 is 18.3 Å². The summed E-state index contributed by atoms with van der Waals surface area (Å²) in [5, 5.41) is 8.56. The molecule has 21 heavy (non-hydrogen) atoms. The lowest BCUT2D eigenvalue weighted by Crippen LogP contribution is -2.23. The SMILES string of the molecule is CN(C)c1c(C(F)(F)F)cc(CC(=O)O)cc1C(F)(F)F. The third-order valence-corrected chi connectivity index (χ3v) is 2.58. The normalized spacial score (nSPS) is 12.4. The van der Waals surface area contributed by atoms with E-state index in [4.69, 9.17) is 5.11 Å². The molecule has 1 rings (SSSR count).